The number of carbonyl (C=O) groups is 1. The Balaban J connectivity index is 1.83. The van der Waals surface area contributed by atoms with Crippen molar-refractivity contribution in [2.45, 2.75) is 30.2 Å². The fraction of sp³-hybridized carbons (Fsp3) is 0.533. The Morgan fingerprint density at radius 2 is 1.90 bits per heavy atom. The molecule has 0 heterocycles. The van der Waals surface area contributed by atoms with Crippen molar-refractivity contribution in [2.75, 3.05) is 11.6 Å². The monoisotopic (exact) mass is 308 g/mol. The molecule has 0 saturated heterocycles. The zero-order valence-electron chi connectivity index (χ0n) is 12.0. The van der Waals surface area contributed by atoms with Crippen LogP contribution in [0, 0.1) is 17.8 Å². The van der Waals surface area contributed by atoms with Gasteiger partial charge in [0.2, 0.25) is 5.91 Å². The second kappa shape index (κ2) is 5.10. The lowest BCUT2D eigenvalue weighted by molar-refractivity contribution is -0.121. The van der Waals surface area contributed by atoms with E-state index in [1.54, 1.807) is 18.2 Å². The van der Waals surface area contributed by atoms with Crippen molar-refractivity contribution < 1.29 is 13.2 Å². The van der Waals surface area contributed by atoms with Crippen LogP contribution in [0.1, 0.15) is 19.3 Å². The Bertz CT molecular complexity index is 669. The van der Waals surface area contributed by atoms with Gasteiger partial charge in [-0.2, -0.15) is 0 Å². The molecule has 2 saturated carbocycles. The summed E-state index contributed by atoms with van der Waals surface area (Å²) in [5, 5.41) is 2.78. The summed E-state index contributed by atoms with van der Waals surface area (Å²) in [5.74, 6) is 0.438. The number of nitrogens with one attached hydrogen (secondary N) is 1. The fourth-order valence-corrected chi connectivity index (χ4v) is 4.68. The van der Waals surface area contributed by atoms with Crippen LogP contribution < -0.4 is 11.1 Å². The fourth-order valence-electron chi connectivity index (χ4n) is 3.83. The number of nitrogens with two attached hydrogens (primary N) is 1. The van der Waals surface area contributed by atoms with E-state index in [0.717, 1.165) is 25.5 Å². The summed E-state index contributed by atoms with van der Waals surface area (Å²) in [6.45, 7) is 0. The Labute approximate surface area is 124 Å². The highest BCUT2D eigenvalue weighted by molar-refractivity contribution is 7.90. The number of fused-ring (bicyclic) bond motifs is 2. The van der Waals surface area contributed by atoms with Crippen molar-refractivity contribution >= 4 is 21.4 Å². The van der Waals surface area contributed by atoms with Gasteiger partial charge in [0, 0.05) is 12.3 Å². The molecule has 0 spiro atoms. The summed E-state index contributed by atoms with van der Waals surface area (Å²) in [5.41, 5.74) is 6.51. The number of hydrogen-bond donors (Lipinski definition) is 2. The van der Waals surface area contributed by atoms with Crippen LogP contribution in [-0.2, 0) is 14.6 Å². The molecule has 1 aromatic rings. The summed E-state index contributed by atoms with van der Waals surface area (Å²) in [6, 6.07) is 6.38. The predicted molar refractivity (Wildman–Crippen MR) is 80.5 cm³/mol. The summed E-state index contributed by atoms with van der Waals surface area (Å²) in [4.78, 5) is 12.7. The smallest absolute Gasteiger partial charge is 0.229 e. The van der Waals surface area contributed by atoms with Crippen LogP contribution in [0.3, 0.4) is 0 Å². The zero-order valence-corrected chi connectivity index (χ0v) is 12.8. The third kappa shape index (κ3) is 2.58. The maximum atomic E-state index is 12.5. The van der Waals surface area contributed by atoms with Crippen LogP contribution >= 0.6 is 0 Å². The van der Waals surface area contributed by atoms with Crippen LogP contribution in [0.4, 0.5) is 5.69 Å². The lowest BCUT2D eigenvalue weighted by atomic mass is 9.84. The second-order valence-electron chi connectivity index (χ2n) is 6.19. The van der Waals surface area contributed by atoms with Gasteiger partial charge in [-0.25, -0.2) is 8.42 Å². The summed E-state index contributed by atoms with van der Waals surface area (Å²) < 4.78 is 23.5. The molecule has 4 unspecified atom stereocenters. The van der Waals surface area contributed by atoms with Crippen molar-refractivity contribution in [1.29, 1.82) is 0 Å². The largest absolute Gasteiger partial charge is 0.327 e. The van der Waals surface area contributed by atoms with Crippen LogP contribution in [0.5, 0.6) is 0 Å². The number of benzene rings is 1. The number of para-hydroxylation sites is 1. The molecule has 21 heavy (non-hydrogen) atoms. The van der Waals surface area contributed by atoms with E-state index >= 15 is 0 Å². The van der Waals surface area contributed by atoms with E-state index in [1.807, 2.05) is 0 Å². The lowest BCUT2D eigenvalue weighted by Crippen LogP contribution is -2.42. The quantitative estimate of drug-likeness (QED) is 0.883. The van der Waals surface area contributed by atoms with E-state index in [9.17, 15) is 13.2 Å². The first-order valence-electron chi connectivity index (χ1n) is 7.23. The molecule has 2 aliphatic rings. The van der Waals surface area contributed by atoms with Crippen LogP contribution in [0.15, 0.2) is 29.2 Å². The Morgan fingerprint density at radius 3 is 2.52 bits per heavy atom. The molecule has 1 amide bonds. The molecular formula is C15H20N2O3S. The van der Waals surface area contributed by atoms with Crippen molar-refractivity contribution in [2.24, 2.45) is 23.5 Å². The van der Waals surface area contributed by atoms with Gasteiger partial charge < -0.3 is 11.1 Å². The number of sulfone groups is 1. The molecule has 2 aliphatic carbocycles. The highest BCUT2D eigenvalue weighted by atomic mass is 32.2. The maximum absolute atomic E-state index is 12.5. The Kier molecular flexibility index (Phi) is 3.53. The van der Waals surface area contributed by atoms with E-state index in [2.05, 4.69) is 5.32 Å². The van der Waals surface area contributed by atoms with E-state index in [0.29, 0.717) is 17.5 Å². The molecule has 0 aliphatic heterocycles. The highest BCUT2D eigenvalue weighted by Crippen LogP contribution is 2.48. The van der Waals surface area contributed by atoms with Gasteiger partial charge in [0.1, 0.15) is 0 Å². The predicted octanol–water partition coefficient (Wildman–Crippen LogP) is 1.40. The number of rotatable bonds is 3. The summed E-state index contributed by atoms with van der Waals surface area (Å²) in [6.07, 6.45) is 4.31. The van der Waals surface area contributed by atoms with Gasteiger partial charge in [-0.15, -0.1) is 0 Å². The molecule has 1 aromatic carbocycles. The zero-order chi connectivity index (χ0) is 15.2. The number of carbonyl (C=O) groups excluding carboxylic acids is 1. The van der Waals surface area contributed by atoms with Crippen LogP contribution in [-0.4, -0.2) is 26.6 Å². The molecular weight excluding hydrogens is 288 g/mol. The number of anilines is 1. The van der Waals surface area contributed by atoms with Crippen molar-refractivity contribution in [3.8, 4) is 0 Å². The number of hydrogen-bond acceptors (Lipinski definition) is 4. The third-order valence-corrected chi connectivity index (χ3v) is 5.98. The normalized spacial score (nSPS) is 31.3. The molecule has 114 valence electrons. The van der Waals surface area contributed by atoms with Gasteiger partial charge in [0.05, 0.1) is 16.5 Å². The molecule has 5 nitrogen and oxygen atoms in total. The van der Waals surface area contributed by atoms with Gasteiger partial charge in [0.15, 0.2) is 9.84 Å². The lowest BCUT2D eigenvalue weighted by Gasteiger charge is -2.27. The Hall–Kier alpha value is -1.40. The summed E-state index contributed by atoms with van der Waals surface area (Å²) in [7, 11) is -3.37. The minimum absolute atomic E-state index is 0.103. The maximum Gasteiger partial charge on any atom is 0.229 e. The first-order valence-corrected chi connectivity index (χ1v) is 9.12. The van der Waals surface area contributed by atoms with Gasteiger partial charge in [-0.1, -0.05) is 12.1 Å². The van der Waals surface area contributed by atoms with E-state index in [4.69, 9.17) is 5.73 Å². The molecule has 4 atom stereocenters. The van der Waals surface area contributed by atoms with E-state index in [-0.39, 0.29) is 22.8 Å². The van der Waals surface area contributed by atoms with E-state index in [1.165, 1.54) is 6.07 Å². The topological polar surface area (TPSA) is 89.3 Å². The molecule has 2 bridgehead atoms. The van der Waals surface area contributed by atoms with E-state index < -0.39 is 9.84 Å². The molecule has 0 aromatic heterocycles. The minimum Gasteiger partial charge on any atom is -0.327 e. The third-order valence-electron chi connectivity index (χ3n) is 4.83. The van der Waals surface area contributed by atoms with Crippen LogP contribution in [0.2, 0.25) is 0 Å². The summed E-state index contributed by atoms with van der Waals surface area (Å²) >= 11 is 0. The van der Waals surface area contributed by atoms with Gasteiger partial charge in [0.25, 0.3) is 0 Å². The van der Waals surface area contributed by atoms with Gasteiger partial charge in [-0.05, 0) is 43.2 Å². The molecule has 2 fully saturated rings. The van der Waals surface area contributed by atoms with Crippen molar-refractivity contribution in [3.05, 3.63) is 24.3 Å². The highest BCUT2D eigenvalue weighted by Gasteiger charge is 2.49. The average molecular weight is 308 g/mol. The SMILES string of the molecule is CS(=O)(=O)c1ccccc1NC(=O)C1C2CCC(C2)C1N. The van der Waals surface area contributed by atoms with Gasteiger partial charge >= 0.3 is 0 Å². The first-order chi connectivity index (χ1) is 9.88. The van der Waals surface area contributed by atoms with Crippen molar-refractivity contribution in [3.63, 3.8) is 0 Å². The average Bonchev–Trinajstić information content (AvgIpc) is 2.98. The standard InChI is InChI=1S/C15H20N2O3S/c1-21(19,20)12-5-3-2-4-11(12)17-15(18)13-9-6-7-10(8-9)14(13)16/h2-5,9-10,13-14H,6-8,16H2,1H3,(H,17,18). The van der Waals surface area contributed by atoms with Crippen molar-refractivity contribution in [1.82, 2.24) is 0 Å². The van der Waals surface area contributed by atoms with Crippen LogP contribution in [0.25, 0.3) is 0 Å². The molecule has 3 rings (SSSR count). The molecule has 0 radical (unpaired) electrons. The Morgan fingerprint density at radius 1 is 1.24 bits per heavy atom. The molecule has 6 heteroatoms. The first kappa shape index (κ1) is 14.5. The minimum atomic E-state index is -3.37. The second-order valence-corrected chi connectivity index (χ2v) is 8.18. The molecule has 3 N–H and O–H groups in total. The number of amides is 1. The van der Waals surface area contributed by atoms with Gasteiger partial charge in [-0.3, -0.25) is 4.79 Å².